The Morgan fingerprint density at radius 1 is 1.30 bits per heavy atom. The van der Waals surface area contributed by atoms with E-state index in [1.165, 1.54) is 0 Å². The first-order valence-corrected chi connectivity index (χ1v) is 8.71. The molecule has 0 unspecified atom stereocenters. The standard InChI is InChI=1S/C15H14BrClN2O3S/c16-11-7-12(23-13(11)17)14(20)19-10(8-18-15(21)22)6-9-4-2-1-3-5-9/h1-5,7,10,18H,6,8H2,(H,19,20)(H,21,22)/t10-/m1/s1. The smallest absolute Gasteiger partial charge is 0.404 e. The van der Waals surface area contributed by atoms with E-state index in [1.807, 2.05) is 30.3 Å². The fourth-order valence-electron chi connectivity index (χ4n) is 2.00. The van der Waals surface area contributed by atoms with Gasteiger partial charge in [-0.25, -0.2) is 4.79 Å². The minimum absolute atomic E-state index is 0.121. The number of halogens is 2. The molecule has 0 radical (unpaired) electrons. The van der Waals surface area contributed by atoms with Gasteiger partial charge in [0.25, 0.3) is 5.91 Å². The van der Waals surface area contributed by atoms with Gasteiger partial charge in [-0.1, -0.05) is 41.9 Å². The predicted octanol–water partition coefficient (Wildman–Crippen LogP) is 3.77. The van der Waals surface area contributed by atoms with Crippen LogP contribution in [-0.2, 0) is 6.42 Å². The second kappa shape index (κ2) is 8.33. The molecular weight excluding hydrogens is 404 g/mol. The van der Waals surface area contributed by atoms with Gasteiger partial charge in [0.1, 0.15) is 4.34 Å². The maximum Gasteiger partial charge on any atom is 0.404 e. The number of thiophene rings is 1. The molecule has 122 valence electrons. The molecule has 3 N–H and O–H groups in total. The van der Waals surface area contributed by atoms with Gasteiger partial charge >= 0.3 is 6.09 Å². The lowest BCUT2D eigenvalue weighted by atomic mass is 10.1. The molecule has 2 amide bonds. The predicted molar refractivity (Wildman–Crippen MR) is 94.5 cm³/mol. The average Bonchev–Trinajstić information content (AvgIpc) is 2.85. The number of carboxylic acid groups (broad SMARTS) is 1. The molecule has 0 aliphatic heterocycles. The number of benzene rings is 1. The van der Waals surface area contributed by atoms with Gasteiger partial charge in [0, 0.05) is 11.0 Å². The van der Waals surface area contributed by atoms with Crippen molar-refractivity contribution in [1.29, 1.82) is 0 Å². The lowest BCUT2D eigenvalue weighted by Gasteiger charge is -2.18. The Morgan fingerprint density at radius 2 is 2.00 bits per heavy atom. The number of carbonyl (C=O) groups is 2. The molecular formula is C15H14BrClN2O3S. The molecule has 1 aromatic carbocycles. The number of hydrogen-bond donors (Lipinski definition) is 3. The van der Waals surface area contributed by atoms with Crippen LogP contribution in [0.3, 0.4) is 0 Å². The summed E-state index contributed by atoms with van der Waals surface area (Å²) in [5.74, 6) is -0.282. The van der Waals surface area contributed by atoms with Crippen LogP contribution in [0.2, 0.25) is 4.34 Å². The molecule has 1 aromatic heterocycles. The Morgan fingerprint density at radius 3 is 2.57 bits per heavy atom. The molecule has 0 aliphatic carbocycles. The molecule has 8 heteroatoms. The zero-order valence-electron chi connectivity index (χ0n) is 11.9. The lowest BCUT2D eigenvalue weighted by molar-refractivity contribution is 0.0939. The van der Waals surface area contributed by atoms with Crippen molar-refractivity contribution in [3.63, 3.8) is 0 Å². The molecule has 2 rings (SSSR count). The van der Waals surface area contributed by atoms with E-state index in [4.69, 9.17) is 16.7 Å². The van der Waals surface area contributed by atoms with Crippen LogP contribution in [0.25, 0.3) is 0 Å². The quantitative estimate of drug-likeness (QED) is 0.669. The molecule has 2 aromatic rings. The number of hydrogen-bond acceptors (Lipinski definition) is 3. The van der Waals surface area contributed by atoms with E-state index < -0.39 is 6.09 Å². The minimum Gasteiger partial charge on any atom is -0.465 e. The van der Waals surface area contributed by atoms with Gasteiger partial charge in [-0.05, 0) is 34.0 Å². The van der Waals surface area contributed by atoms with E-state index in [9.17, 15) is 9.59 Å². The number of amides is 2. The van der Waals surface area contributed by atoms with E-state index in [-0.39, 0.29) is 18.5 Å². The highest BCUT2D eigenvalue weighted by molar-refractivity contribution is 9.10. The summed E-state index contributed by atoms with van der Waals surface area (Å²) in [5, 5.41) is 13.9. The minimum atomic E-state index is -1.13. The van der Waals surface area contributed by atoms with Crippen molar-refractivity contribution in [1.82, 2.24) is 10.6 Å². The van der Waals surface area contributed by atoms with Crippen molar-refractivity contribution in [3.05, 3.63) is 55.6 Å². The van der Waals surface area contributed by atoms with Gasteiger partial charge in [0.05, 0.1) is 10.9 Å². The summed E-state index contributed by atoms with van der Waals surface area (Å²) >= 11 is 10.4. The zero-order chi connectivity index (χ0) is 16.8. The van der Waals surface area contributed by atoms with Crippen LogP contribution in [0.15, 0.2) is 40.9 Å². The Labute approximate surface area is 150 Å². The highest BCUT2D eigenvalue weighted by Crippen LogP contribution is 2.31. The molecule has 0 fully saturated rings. The van der Waals surface area contributed by atoms with Gasteiger partial charge in [0.2, 0.25) is 0 Å². The van der Waals surface area contributed by atoms with Crippen LogP contribution in [-0.4, -0.2) is 29.7 Å². The van der Waals surface area contributed by atoms with Crippen molar-refractivity contribution in [2.45, 2.75) is 12.5 Å². The molecule has 1 heterocycles. The molecule has 0 bridgehead atoms. The van der Waals surface area contributed by atoms with Gasteiger partial charge in [-0.3, -0.25) is 4.79 Å². The number of rotatable bonds is 6. The third-order valence-electron chi connectivity index (χ3n) is 3.03. The fourth-order valence-corrected chi connectivity index (χ4v) is 3.60. The molecule has 23 heavy (non-hydrogen) atoms. The topological polar surface area (TPSA) is 78.4 Å². The van der Waals surface area contributed by atoms with Crippen molar-refractivity contribution in [2.75, 3.05) is 6.54 Å². The average molecular weight is 418 g/mol. The summed E-state index contributed by atoms with van der Waals surface area (Å²) in [4.78, 5) is 23.5. The van der Waals surface area contributed by atoms with Crippen LogP contribution >= 0.6 is 38.9 Å². The van der Waals surface area contributed by atoms with E-state index in [2.05, 4.69) is 26.6 Å². The molecule has 0 saturated carbocycles. The van der Waals surface area contributed by atoms with Gasteiger partial charge in [-0.2, -0.15) is 0 Å². The van der Waals surface area contributed by atoms with Crippen LogP contribution in [0.4, 0.5) is 4.79 Å². The van der Waals surface area contributed by atoms with Crippen molar-refractivity contribution in [2.24, 2.45) is 0 Å². The van der Waals surface area contributed by atoms with Crippen molar-refractivity contribution >= 4 is 50.9 Å². The highest BCUT2D eigenvalue weighted by Gasteiger charge is 2.18. The Hall–Kier alpha value is -1.57. The summed E-state index contributed by atoms with van der Waals surface area (Å²) in [5.41, 5.74) is 1.01. The summed E-state index contributed by atoms with van der Waals surface area (Å²) in [6.07, 6.45) is -0.605. The molecule has 0 aliphatic rings. The Bertz CT molecular complexity index is 674. The Kier molecular flexibility index (Phi) is 6.44. The third-order valence-corrected chi connectivity index (χ3v) is 5.50. The van der Waals surface area contributed by atoms with Crippen LogP contribution in [0.5, 0.6) is 0 Å². The second-order valence-corrected chi connectivity index (χ2v) is 7.29. The third kappa shape index (κ3) is 5.53. The SMILES string of the molecule is O=C(O)NC[C@@H](Cc1ccccc1)NC(=O)c1cc(Br)c(Cl)s1. The largest absolute Gasteiger partial charge is 0.465 e. The van der Waals surface area contributed by atoms with Gasteiger partial charge < -0.3 is 15.7 Å². The van der Waals surface area contributed by atoms with E-state index in [1.54, 1.807) is 6.07 Å². The van der Waals surface area contributed by atoms with Crippen LogP contribution in [0, 0.1) is 0 Å². The van der Waals surface area contributed by atoms with Gasteiger partial charge in [0.15, 0.2) is 0 Å². The monoisotopic (exact) mass is 416 g/mol. The maximum absolute atomic E-state index is 12.3. The first-order chi connectivity index (χ1) is 11.0. The zero-order valence-corrected chi connectivity index (χ0v) is 15.0. The molecule has 1 atom stereocenters. The van der Waals surface area contributed by atoms with Gasteiger partial charge in [-0.15, -0.1) is 11.3 Å². The molecule has 0 saturated heterocycles. The molecule has 0 spiro atoms. The van der Waals surface area contributed by atoms with Crippen molar-refractivity contribution < 1.29 is 14.7 Å². The number of nitrogens with one attached hydrogen (secondary N) is 2. The highest BCUT2D eigenvalue weighted by atomic mass is 79.9. The summed E-state index contributed by atoms with van der Waals surface area (Å²) in [6.45, 7) is 0.121. The van der Waals surface area contributed by atoms with E-state index >= 15 is 0 Å². The van der Waals surface area contributed by atoms with Crippen LogP contribution < -0.4 is 10.6 Å². The van der Waals surface area contributed by atoms with E-state index in [0.29, 0.717) is 20.1 Å². The summed E-state index contributed by atoms with van der Waals surface area (Å²) in [7, 11) is 0. The summed E-state index contributed by atoms with van der Waals surface area (Å²) in [6, 6.07) is 10.8. The Balaban J connectivity index is 2.06. The maximum atomic E-state index is 12.3. The fraction of sp³-hybridized carbons (Fsp3) is 0.200. The first kappa shape index (κ1) is 17.8. The normalized spacial score (nSPS) is 11.7. The van der Waals surface area contributed by atoms with Crippen molar-refractivity contribution in [3.8, 4) is 0 Å². The molecule has 5 nitrogen and oxygen atoms in total. The first-order valence-electron chi connectivity index (χ1n) is 6.72. The number of carbonyl (C=O) groups excluding carboxylic acids is 1. The lowest BCUT2D eigenvalue weighted by Crippen LogP contribution is -2.44. The second-order valence-electron chi connectivity index (χ2n) is 4.78. The van der Waals surface area contributed by atoms with E-state index in [0.717, 1.165) is 16.9 Å². The summed E-state index contributed by atoms with van der Waals surface area (Å²) < 4.78 is 1.16. The van der Waals surface area contributed by atoms with Crippen LogP contribution in [0.1, 0.15) is 15.2 Å².